The third-order valence-electron chi connectivity index (χ3n) is 3.07. The summed E-state index contributed by atoms with van der Waals surface area (Å²) >= 11 is 0. The third kappa shape index (κ3) is 3.07. The second kappa shape index (κ2) is 5.23. The number of anilines is 1. The molecule has 0 spiro atoms. The maximum atomic E-state index is 12.7. The fourth-order valence-electron chi connectivity index (χ4n) is 1.45. The summed E-state index contributed by atoms with van der Waals surface area (Å²) in [4.78, 5) is 15.6. The number of amides is 1. The lowest BCUT2D eigenvalue weighted by Crippen LogP contribution is -2.43. The molecule has 0 aliphatic carbocycles. The summed E-state index contributed by atoms with van der Waals surface area (Å²) in [6, 6.07) is 8.66. The van der Waals surface area contributed by atoms with Gasteiger partial charge in [0.2, 0.25) is 5.91 Å². The molecule has 0 aliphatic heterocycles. The first-order valence-electron chi connectivity index (χ1n) is 6.11. The second-order valence-electron chi connectivity index (χ2n) is 4.98. The number of benzene rings is 1. The summed E-state index contributed by atoms with van der Waals surface area (Å²) in [5, 5.41) is 2.04. The summed E-state index contributed by atoms with van der Waals surface area (Å²) in [6.07, 6.45) is -3.39. The molecule has 112 valence electrons. The molecule has 2 aromatic rings. The lowest BCUT2D eigenvalue weighted by atomic mass is 9.92. The molecule has 1 aromatic carbocycles. The maximum absolute atomic E-state index is 12.7. The van der Waals surface area contributed by atoms with Crippen LogP contribution in [0.4, 0.5) is 19.2 Å². The van der Waals surface area contributed by atoms with Crippen LogP contribution in [0.5, 0.6) is 0 Å². The highest BCUT2D eigenvalue weighted by Gasteiger charge is 2.53. The van der Waals surface area contributed by atoms with E-state index in [1.807, 2.05) is 11.4 Å². The topological polar surface area (TPSA) is 55.1 Å². The summed E-state index contributed by atoms with van der Waals surface area (Å²) in [6.45, 7) is 1.59. The van der Waals surface area contributed by atoms with Crippen molar-refractivity contribution in [3.05, 3.63) is 36.6 Å². The molecule has 0 fully saturated rings. The number of hydrogen-bond acceptors (Lipinski definition) is 3. The Hall–Kier alpha value is -2.31. The Labute approximate surface area is 119 Å². The first kappa shape index (κ1) is 15.1. The van der Waals surface area contributed by atoms with Crippen LogP contribution in [0.25, 0.3) is 11.3 Å². The smallest absolute Gasteiger partial charge is 0.402 e. The molecule has 1 aromatic heterocycles. The lowest BCUT2D eigenvalue weighted by Gasteiger charge is -2.25. The Morgan fingerprint density at radius 1 is 1.19 bits per heavy atom. The number of carbonyl (C=O) groups excluding carboxylic acids is 1. The minimum Gasteiger partial charge on any atom is -0.431 e. The molecule has 21 heavy (non-hydrogen) atoms. The van der Waals surface area contributed by atoms with Gasteiger partial charge in [-0.1, -0.05) is 30.3 Å². The Balaban J connectivity index is 2.15. The van der Waals surface area contributed by atoms with Crippen LogP contribution in [0, 0.1) is 5.41 Å². The van der Waals surface area contributed by atoms with Crippen LogP contribution in [-0.4, -0.2) is 17.1 Å². The van der Waals surface area contributed by atoms with Gasteiger partial charge in [0.1, 0.15) is 17.4 Å². The van der Waals surface area contributed by atoms with Crippen molar-refractivity contribution >= 4 is 11.9 Å². The van der Waals surface area contributed by atoms with E-state index in [2.05, 4.69) is 4.98 Å². The van der Waals surface area contributed by atoms with E-state index in [0.717, 1.165) is 19.4 Å². The molecule has 0 bridgehead atoms. The van der Waals surface area contributed by atoms with Gasteiger partial charge in [0, 0.05) is 5.56 Å². The van der Waals surface area contributed by atoms with Crippen molar-refractivity contribution in [3.63, 3.8) is 0 Å². The van der Waals surface area contributed by atoms with Crippen molar-refractivity contribution in [3.8, 4) is 11.3 Å². The Bertz CT molecular complexity index is 633. The fraction of sp³-hybridized carbons (Fsp3) is 0.286. The van der Waals surface area contributed by atoms with Crippen LogP contribution in [0.3, 0.4) is 0 Å². The first-order chi connectivity index (χ1) is 9.72. The highest BCUT2D eigenvalue weighted by molar-refractivity contribution is 5.93. The predicted molar refractivity (Wildman–Crippen MR) is 70.4 cm³/mol. The van der Waals surface area contributed by atoms with Gasteiger partial charge in [0.25, 0.3) is 0 Å². The van der Waals surface area contributed by atoms with E-state index in [4.69, 9.17) is 4.42 Å². The number of nitrogens with one attached hydrogen (secondary N) is 1. The van der Waals surface area contributed by atoms with Crippen molar-refractivity contribution in [2.24, 2.45) is 5.41 Å². The van der Waals surface area contributed by atoms with E-state index in [-0.39, 0.29) is 6.01 Å². The third-order valence-corrected chi connectivity index (χ3v) is 3.07. The fourth-order valence-corrected chi connectivity index (χ4v) is 1.45. The Morgan fingerprint density at radius 2 is 1.81 bits per heavy atom. The highest BCUT2D eigenvalue weighted by atomic mass is 19.4. The van der Waals surface area contributed by atoms with Gasteiger partial charge >= 0.3 is 12.2 Å². The van der Waals surface area contributed by atoms with Gasteiger partial charge < -0.3 is 4.42 Å². The van der Waals surface area contributed by atoms with E-state index in [0.29, 0.717) is 5.69 Å². The van der Waals surface area contributed by atoms with E-state index in [9.17, 15) is 18.0 Å². The molecular weight excluding hydrogens is 285 g/mol. The van der Waals surface area contributed by atoms with Crippen LogP contribution in [0.2, 0.25) is 0 Å². The molecule has 0 saturated carbocycles. The molecular formula is C14H13F3N2O2. The van der Waals surface area contributed by atoms with Crippen LogP contribution < -0.4 is 5.32 Å². The minimum absolute atomic E-state index is 0.267. The van der Waals surface area contributed by atoms with Gasteiger partial charge in [-0.2, -0.15) is 18.2 Å². The maximum Gasteiger partial charge on any atom is 0.402 e. The lowest BCUT2D eigenvalue weighted by molar-refractivity contribution is -0.208. The molecule has 1 N–H and O–H groups in total. The zero-order valence-electron chi connectivity index (χ0n) is 11.4. The number of carbonyl (C=O) groups is 1. The molecule has 4 nitrogen and oxygen atoms in total. The standard InChI is InChI=1S/C14H13F3N2O2/c1-13(2,14(15,16)17)11(20)19-12-18-10(8-21-12)9-6-4-3-5-7-9/h3-8H,1-2H3,(H,18,19,20). The van der Waals surface area contributed by atoms with Gasteiger partial charge in [-0.3, -0.25) is 10.1 Å². The number of halogens is 3. The van der Waals surface area contributed by atoms with Crippen LogP contribution in [-0.2, 0) is 4.79 Å². The molecule has 1 amide bonds. The quantitative estimate of drug-likeness (QED) is 0.936. The molecule has 7 heteroatoms. The molecule has 0 atom stereocenters. The summed E-state index contributed by atoms with van der Waals surface area (Å²) < 4.78 is 43.2. The summed E-state index contributed by atoms with van der Waals surface area (Å²) in [5.74, 6) is -1.23. The van der Waals surface area contributed by atoms with Gasteiger partial charge in [-0.05, 0) is 13.8 Å². The van der Waals surface area contributed by atoms with E-state index < -0.39 is 17.5 Å². The van der Waals surface area contributed by atoms with E-state index in [1.54, 1.807) is 24.3 Å². The van der Waals surface area contributed by atoms with Crippen LogP contribution >= 0.6 is 0 Å². The summed E-state index contributed by atoms with van der Waals surface area (Å²) in [7, 11) is 0. The van der Waals surface area contributed by atoms with Gasteiger partial charge in [0.15, 0.2) is 0 Å². The molecule has 0 radical (unpaired) electrons. The van der Waals surface area contributed by atoms with Crippen molar-refractivity contribution in [2.45, 2.75) is 20.0 Å². The molecule has 2 rings (SSSR count). The van der Waals surface area contributed by atoms with Gasteiger partial charge in [-0.15, -0.1) is 0 Å². The minimum atomic E-state index is -4.66. The largest absolute Gasteiger partial charge is 0.431 e. The van der Waals surface area contributed by atoms with Crippen LogP contribution in [0.15, 0.2) is 41.0 Å². The molecule has 0 aliphatic rings. The monoisotopic (exact) mass is 298 g/mol. The van der Waals surface area contributed by atoms with Crippen LogP contribution in [0.1, 0.15) is 13.8 Å². The van der Waals surface area contributed by atoms with Crippen molar-refractivity contribution in [1.29, 1.82) is 0 Å². The number of oxazole rings is 1. The number of aromatic nitrogens is 1. The average molecular weight is 298 g/mol. The number of nitrogens with zero attached hydrogens (tertiary/aromatic N) is 1. The highest BCUT2D eigenvalue weighted by Crippen LogP contribution is 2.38. The zero-order valence-corrected chi connectivity index (χ0v) is 11.4. The Kier molecular flexibility index (Phi) is 3.76. The van der Waals surface area contributed by atoms with Gasteiger partial charge in [-0.25, -0.2) is 0 Å². The molecule has 0 saturated heterocycles. The average Bonchev–Trinajstić information content (AvgIpc) is 2.87. The van der Waals surface area contributed by atoms with Crippen molar-refractivity contribution in [2.75, 3.05) is 5.32 Å². The summed E-state index contributed by atoms with van der Waals surface area (Å²) in [5.41, 5.74) is -1.37. The van der Waals surface area contributed by atoms with E-state index >= 15 is 0 Å². The van der Waals surface area contributed by atoms with Gasteiger partial charge in [0.05, 0.1) is 0 Å². The van der Waals surface area contributed by atoms with Crippen molar-refractivity contribution in [1.82, 2.24) is 4.98 Å². The second-order valence-corrected chi connectivity index (χ2v) is 4.98. The normalized spacial score (nSPS) is 12.2. The first-order valence-corrected chi connectivity index (χ1v) is 6.11. The van der Waals surface area contributed by atoms with E-state index in [1.165, 1.54) is 6.26 Å². The molecule has 1 heterocycles. The number of hydrogen-bond donors (Lipinski definition) is 1. The van der Waals surface area contributed by atoms with Crippen molar-refractivity contribution < 1.29 is 22.4 Å². The Morgan fingerprint density at radius 3 is 2.38 bits per heavy atom. The predicted octanol–water partition coefficient (Wildman–Crippen LogP) is 3.87. The number of alkyl halides is 3. The SMILES string of the molecule is CC(C)(C(=O)Nc1nc(-c2ccccc2)co1)C(F)(F)F. The number of rotatable bonds is 3. The zero-order chi connectivity index (χ0) is 15.7. The molecule has 0 unspecified atom stereocenters.